The van der Waals surface area contributed by atoms with Crippen LogP contribution in [0.15, 0.2) is 24.3 Å². The van der Waals surface area contributed by atoms with E-state index in [1.165, 1.54) is 0 Å². The summed E-state index contributed by atoms with van der Waals surface area (Å²) in [6.45, 7) is 2.79. The standard InChI is InChI=1S/C25H33N5O4/c1-28-20-12-15-30(17-19(20)24(27-28)25(33)29-13-6-3-7-14-29)23(32)11-10-22(31)26-16-18-8-4-5-9-21(18)34-2/h4-5,8-9H,3,6-7,10-17H2,1-2H3,(H,26,31). The highest BCUT2D eigenvalue weighted by Crippen LogP contribution is 2.25. The zero-order valence-corrected chi connectivity index (χ0v) is 20.0. The minimum absolute atomic E-state index is 0.0402. The minimum atomic E-state index is -0.181. The van der Waals surface area contributed by atoms with Gasteiger partial charge in [-0.3, -0.25) is 19.1 Å². The van der Waals surface area contributed by atoms with Gasteiger partial charge in [0.05, 0.1) is 7.11 Å². The van der Waals surface area contributed by atoms with Crippen molar-refractivity contribution in [2.75, 3.05) is 26.7 Å². The van der Waals surface area contributed by atoms with Gasteiger partial charge in [-0.25, -0.2) is 0 Å². The Morgan fingerprint density at radius 2 is 1.79 bits per heavy atom. The molecule has 0 unspecified atom stereocenters. The second-order valence-corrected chi connectivity index (χ2v) is 8.90. The first-order valence-corrected chi connectivity index (χ1v) is 12.0. The summed E-state index contributed by atoms with van der Waals surface area (Å²) in [6, 6.07) is 7.51. The van der Waals surface area contributed by atoms with Gasteiger partial charge in [-0.15, -0.1) is 0 Å². The molecule has 0 bridgehead atoms. The van der Waals surface area contributed by atoms with Crippen LogP contribution in [0.25, 0.3) is 0 Å². The van der Waals surface area contributed by atoms with Gasteiger partial charge in [0.1, 0.15) is 5.75 Å². The zero-order valence-electron chi connectivity index (χ0n) is 20.0. The van der Waals surface area contributed by atoms with Crippen molar-refractivity contribution in [3.63, 3.8) is 0 Å². The molecule has 0 radical (unpaired) electrons. The summed E-state index contributed by atoms with van der Waals surface area (Å²) in [7, 11) is 3.45. The Hall–Kier alpha value is -3.36. The van der Waals surface area contributed by atoms with Crippen molar-refractivity contribution in [1.82, 2.24) is 24.9 Å². The fraction of sp³-hybridized carbons (Fsp3) is 0.520. The normalized spacial score (nSPS) is 15.6. The third-order valence-electron chi connectivity index (χ3n) is 6.68. The van der Waals surface area contributed by atoms with E-state index < -0.39 is 0 Å². The average Bonchev–Trinajstić information content (AvgIpc) is 3.21. The fourth-order valence-corrected chi connectivity index (χ4v) is 4.73. The van der Waals surface area contributed by atoms with Crippen molar-refractivity contribution < 1.29 is 19.1 Å². The Morgan fingerprint density at radius 3 is 2.56 bits per heavy atom. The SMILES string of the molecule is COc1ccccc1CNC(=O)CCC(=O)N1CCc2c(c(C(=O)N3CCCCC3)nn2C)C1. The van der Waals surface area contributed by atoms with Gasteiger partial charge in [-0.2, -0.15) is 5.10 Å². The number of hydrogen-bond donors (Lipinski definition) is 1. The molecule has 3 amide bonds. The number of piperidine rings is 1. The first-order valence-electron chi connectivity index (χ1n) is 12.0. The number of carbonyl (C=O) groups is 3. The molecule has 1 saturated heterocycles. The van der Waals surface area contributed by atoms with Crippen LogP contribution in [0.4, 0.5) is 0 Å². The van der Waals surface area contributed by atoms with Crippen LogP contribution in [0, 0.1) is 0 Å². The molecule has 0 saturated carbocycles. The van der Waals surface area contributed by atoms with Crippen molar-refractivity contribution in [2.24, 2.45) is 7.05 Å². The van der Waals surface area contributed by atoms with Crippen molar-refractivity contribution >= 4 is 17.7 Å². The summed E-state index contributed by atoms with van der Waals surface area (Å²) in [4.78, 5) is 41.9. The molecule has 0 spiro atoms. The van der Waals surface area contributed by atoms with E-state index in [2.05, 4.69) is 10.4 Å². The smallest absolute Gasteiger partial charge is 0.274 e. The van der Waals surface area contributed by atoms with Crippen LogP contribution in [0.5, 0.6) is 5.75 Å². The summed E-state index contributed by atoms with van der Waals surface area (Å²) in [5, 5.41) is 7.37. The van der Waals surface area contributed by atoms with Crippen LogP contribution in [0.2, 0.25) is 0 Å². The number of carbonyl (C=O) groups excluding carboxylic acids is 3. The molecule has 0 atom stereocenters. The number of aromatic nitrogens is 2. The Labute approximate surface area is 200 Å². The molecule has 2 aliphatic heterocycles. The molecular weight excluding hydrogens is 434 g/mol. The van der Waals surface area contributed by atoms with E-state index in [4.69, 9.17) is 4.74 Å². The first-order chi connectivity index (χ1) is 16.5. The van der Waals surface area contributed by atoms with E-state index in [9.17, 15) is 14.4 Å². The van der Waals surface area contributed by atoms with E-state index >= 15 is 0 Å². The highest BCUT2D eigenvalue weighted by molar-refractivity contribution is 5.94. The number of nitrogens with one attached hydrogen (secondary N) is 1. The maximum Gasteiger partial charge on any atom is 0.274 e. The van der Waals surface area contributed by atoms with Gasteiger partial charge < -0.3 is 19.9 Å². The summed E-state index contributed by atoms with van der Waals surface area (Å²) in [6.07, 6.45) is 4.08. The maximum atomic E-state index is 13.1. The number of fused-ring (bicyclic) bond motifs is 1. The van der Waals surface area contributed by atoms with E-state index in [-0.39, 0.29) is 30.6 Å². The van der Waals surface area contributed by atoms with Crippen molar-refractivity contribution in [3.8, 4) is 5.75 Å². The largest absolute Gasteiger partial charge is 0.496 e. The number of para-hydroxylation sites is 1. The van der Waals surface area contributed by atoms with Crippen molar-refractivity contribution in [2.45, 2.75) is 51.6 Å². The molecule has 0 aliphatic carbocycles. The summed E-state index contributed by atoms with van der Waals surface area (Å²) >= 11 is 0. The molecular formula is C25H33N5O4. The van der Waals surface area contributed by atoms with E-state index in [1.54, 1.807) is 16.7 Å². The van der Waals surface area contributed by atoms with Gasteiger partial charge in [0.15, 0.2) is 5.69 Å². The van der Waals surface area contributed by atoms with E-state index in [1.807, 2.05) is 36.2 Å². The van der Waals surface area contributed by atoms with Gasteiger partial charge in [-0.1, -0.05) is 18.2 Å². The monoisotopic (exact) mass is 467 g/mol. The number of likely N-dealkylation sites (tertiary alicyclic amines) is 1. The lowest BCUT2D eigenvalue weighted by atomic mass is 10.0. The molecule has 34 heavy (non-hydrogen) atoms. The minimum Gasteiger partial charge on any atom is -0.496 e. The first kappa shape index (κ1) is 23.8. The molecule has 1 aromatic heterocycles. The highest BCUT2D eigenvalue weighted by atomic mass is 16.5. The number of rotatable bonds is 7. The van der Waals surface area contributed by atoms with Crippen LogP contribution in [-0.4, -0.2) is 64.0 Å². The lowest BCUT2D eigenvalue weighted by molar-refractivity contribution is -0.134. The predicted molar refractivity (Wildman–Crippen MR) is 126 cm³/mol. The number of aryl methyl sites for hydroxylation is 1. The summed E-state index contributed by atoms with van der Waals surface area (Å²) in [5.74, 6) is 0.411. The van der Waals surface area contributed by atoms with Gasteiger partial charge in [-0.05, 0) is 25.3 Å². The van der Waals surface area contributed by atoms with Crippen LogP contribution in [0.3, 0.4) is 0 Å². The second kappa shape index (κ2) is 10.7. The number of hydrogen-bond acceptors (Lipinski definition) is 5. The zero-order chi connectivity index (χ0) is 24.1. The fourth-order valence-electron chi connectivity index (χ4n) is 4.73. The Morgan fingerprint density at radius 1 is 1.03 bits per heavy atom. The summed E-state index contributed by atoms with van der Waals surface area (Å²) in [5.41, 5.74) is 3.21. The molecule has 4 rings (SSSR count). The molecule has 9 nitrogen and oxygen atoms in total. The van der Waals surface area contributed by atoms with Gasteiger partial charge in [0.25, 0.3) is 5.91 Å². The molecule has 2 aliphatic rings. The number of nitrogens with zero attached hydrogens (tertiary/aromatic N) is 4. The third kappa shape index (κ3) is 5.24. The Bertz CT molecular complexity index is 1060. The van der Waals surface area contributed by atoms with Gasteiger partial charge >= 0.3 is 0 Å². The predicted octanol–water partition coefficient (Wildman–Crippen LogP) is 2.04. The maximum absolute atomic E-state index is 13.1. The number of amides is 3. The Kier molecular flexibility index (Phi) is 7.49. The lowest BCUT2D eigenvalue weighted by Gasteiger charge is -2.29. The second-order valence-electron chi connectivity index (χ2n) is 8.90. The van der Waals surface area contributed by atoms with Gasteiger partial charge in [0.2, 0.25) is 11.8 Å². The molecule has 182 valence electrons. The summed E-state index contributed by atoms with van der Waals surface area (Å²) < 4.78 is 7.08. The average molecular weight is 468 g/mol. The molecule has 1 aromatic carbocycles. The highest BCUT2D eigenvalue weighted by Gasteiger charge is 2.31. The quantitative estimate of drug-likeness (QED) is 0.672. The van der Waals surface area contributed by atoms with Crippen LogP contribution < -0.4 is 10.1 Å². The number of benzene rings is 1. The van der Waals surface area contributed by atoms with Gasteiger partial charge in [0, 0.05) is 75.9 Å². The Balaban J connectivity index is 1.32. The van der Waals surface area contributed by atoms with Crippen LogP contribution in [0.1, 0.15) is 59.4 Å². The van der Waals surface area contributed by atoms with E-state index in [0.717, 1.165) is 54.9 Å². The molecule has 3 heterocycles. The number of methoxy groups -OCH3 is 1. The van der Waals surface area contributed by atoms with Crippen molar-refractivity contribution in [3.05, 3.63) is 46.8 Å². The van der Waals surface area contributed by atoms with E-state index in [0.29, 0.717) is 31.7 Å². The molecule has 1 fully saturated rings. The van der Waals surface area contributed by atoms with Crippen LogP contribution >= 0.6 is 0 Å². The number of ether oxygens (including phenoxy) is 1. The topological polar surface area (TPSA) is 96.8 Å². The molecule has 1 N–H and O–H groups in total. The van der Waals surface area contributed by atoms with Crippen molar-refractivity contribution in [1.29, 1.82) is 0 Å². The molecule has 9 heteroatoms. The molecule has 2 aromatic rings. The lowest BCUT2D eigenvalue weighted by Crippen LogP contribution is -2.39. The van der Waals surface area contributed by atoms with Crippen LogP contribution in [-0.2, 0) is 36.1 Å². The third-order valence-corrected chi connectivity index (χ3v) is 6.68.